The number of nitrogens with zero attached hydrogens (tertiary/aromatic N) is 2. The van der Waals surface area contributed by atoms with Crippen LogP contribution >= 0.6 is 0 Å². The third-order valence-electron chi connectivity index (χ3n) is 3.92. The number of hydrogen-bond acceptors (Lipinski definition) is 4. The summed E-state index contributed by atoms with van der Waals surface area (Å²) < 4.78 is 5.26. The molecule has 0 unspecified atom stereocenters. The number of likely N-dealkylation sites (tertiary alicyclic amines) is 1. The smallest absolute Gasteiger partial charge is 0.357 e. The first kappa shape index (κ1) is 15.3. The highest BCUT2D eigenvalue weighted by Gasteiger charge is 2.26. The molecule has 6 nitrogen and oxygen atoms in total. The molecule has 0 aliphatic carbocycles. The van der Waals surface area contributed by atoms with Crippen LogP contribution in [0, 0.1) is 0 Å². The van der Waals surface area contributed by atoms with Crippen LogP contribution in [0.3, 0.4) is 0 Å². The van der Waals surface area contributed by atoms with Crippen molar-refractivity contribution in [3.05, 3.63) is 42.1 Å². The highest BCUT2D eigenvalue weighted by atomic mass is 16.5. The minimum Gasteiger partial charge on any atom is -0.448 e. The number of carbonyl (C=O) groups is 2. The minimum absolute atomic E-state index is 0.140. The number of hydrogen-bond donors (Lipinski definition) is 1. The molecule has 0 radical (unpaired) electrons. The summed E-state index contributed by atoms with van der Waals surface area (Å²) in [6.45, 7) is 3.08. The molecule has 2 aromatic rings. The molecule has 0 bridgehead atoms. The van der Waals surface area contributed by atoms with E-state index in [0.29, 0.717) is 5.69 Å². The van der Waals surface area contributed by atoms with E-state index in [2.05, 4.69) is 10.2 Å². The Balaban J connectivity index is 1.64. The first-order valence-electron chi connectivity index (χ1n) is 7.76. The van der Waals surface area contributed by atoms with E-state index in [4.69, 9.17) is 4.74 Å². The molecule has 1 atom stereocenters. The maximum atomic E-state index is 12.2. The summed E-state index contributed by atoms with van der Waals surface area (Å²) in [5.74, 6) is -0.710. The van der Waals surface area contributed by atoms with Crippen molar-refractivity contribution >= 4 is 11.9 Å². The van der Waals surface area contributed by atoms with E-state index in [1.54, 1.807) is 17.9 Å². The second kappa shape index (κ2) is 6.64. The fourth-order valence-corrected chi connectivity index (χ4v) is 2.65. The number of carbonyl (C=O) groups excluding carboxylic acids is 2. The average Bonchev–Trinajstić information content (AvgIpc) is 3.26. The molecule has 6 heteroatoms. The Morgan fingerprint density at radius 2 is 1.91 bits per heavy atom. The van der Waals surface area contributed by atoms with Crippen LogP contribution in [-0.4, -0.2) is 46.2 Å². The number of amides is 1. The van der Waals surface area contributed by atoms with Crippen molar-refractivity contribution in [3.8, 4) is 11.3 Å². The molecule has 1 N–H and O–H groups in total. The van der Waals surface area contributed by atoms with E-state index in [-0.39, 0.29) is 11.6 Å². The van der Waals surface area contributed by atoms with E-state index < -0.39 is 12.1 Å². The van der Waals surface area contributed by atoms with Gasteiger partial charge in [0.25, 0.3) is 5.91 Å². The average molecular weight is 313 g/mol. The maximum absolute atomic E-state index is 12.2. The number of ether oxygens (including phenoxy) is 1. The molecule has 3 rings (SSSR count). The van der Waals surface area contributed by atoms with Gasteiger partial charge in [-0.15, -0.1) is 0 Å². The number of nitrogens with one attached hydrogen (secondary N) is 1. The zero-order chi connectivity index (χ0) is 16.2. The van der Waals surface area contributed by atoms with Crippen molar-refractivity contribution in [1.29, 1.82) is 0 Å². The van der Waals surface area contributed by atoms with E-state index in [1.165, 1.54) is 0 Å². The fourth-order valence-electron chi connectivity index (χ4n) is 2.65. The van der Waals surface area contributed by atoms with Crippen molar-refractivity contribution in [1.82, 2.24) is 15.1 Å². The molecule has 1 amide bonds. The number of aromatic nitrogens is 2. The van der Waals surface area contributed by atoms with Crippen LogP contribution in [0.2, 0.25) is 0 Å². The predicted molar refractivity (Wildman–Crippen MR) is 84.7 cm³/mol. The quantitative estimate of drug-likeness (QED) is 0.878. The van der Waals surface area contributed by atoms with Crippen LogP contribution in [0.15, 0.2) is 36.4 Å². The predicted octanol–water partition coefficient (Wildman–Crippen LogP) is 2.24. The summed E-state index contributed by atoms with van der Waals surface area (Å²) >= 11 is 0. The summed E-state index contributed by atoms with van der Waals surface area (Å²) in [6.07, 6.45) is 1.23. The van der Waals surface area contributed by atoms with Gasteiger partial charge in [0.2, 0.25) is 0 Å². The molecule has 0 spiro atoms. The maximum Gasteiger partial charge on any atom is 0.357 e. The van der Waals surface area contributed by atoms with Gasteiger partial charge in [0.15, 0.2) is 6.10 Å². The van der Waals surface area contributed by atoms with Crippen molar-refractivity contribution in [2.24, 2.45) is 0 Å². The summed E-state index contributed by atoms with van der Waals surface area (Å²) in [6, 6.07) is 11.2. The van der Waals surface area contributed by atoms with Gasteiger partial charge in [-0.25, -0.2) is 4.79 Å². The Hall–Kier alpha value is -2.63. The zero-order valence-corrected chi connectivity index (χ0v) is 13.0. The lowest BCUT2D eigenvalue weighted by atomic mass is 10.1. The van der Waals surface area contributed by atoms with Gasteiger partial charge < -0.3 is 9.64 Å². The highest BCUT2D eigenvalue weighted by Crippen LogP contribution is 2.18. The first-order chi connectivity index (χ1) is 11.1. The van der Waals surface area contributed by atoms with Crippen molar-refractivity contribution in [2.45, 2.75) is 25.9 Å². The van der Waals surface area contributed by atoms with Crippen molar-refractivity contribution in [2.75, 3.05) is 13.1 Å². The molecule has 1 aromatic carbocycles. The highest BCUT2D eigenvalue weighted by molar-refractivity contribution is 5.91. The molecular weight excluding hydrogens is 294 g/mol. The summed E-state index contributed by atoms with van der Waals surface area (Å²) in [4.78, 5) is 26.1. The lowest BCUT2D eigenvalue weighted by Crippen LogP contribution is -2.38. The van der Waals surface area contributed by atoms with Crippen LogP contribution in [0.4, 0.5) is 0 Å². The van der Waals surface area contributed by atoms with Gasteiger partial charge in [-0.05, 0) is 25.8 Å². The first-order valence-corrected chi connectivity index (χ1v) is 7.76. The van der Waals surface area contributed by atoms with Crippen LogP contribution in [-0.2, 0) is 9.53 Å². The summed E-state index contributed by atoms with van der Waals surface area (Å²) in [5.41, 5.74) is 1.81. The van der Waals surface area contributed by atoms with E-state index >= 15 is 0 Å². The van der Waals surface area contributed by atoms with Gasteiger partial charge in [-0.1, -0.05) is 30.3 Å². The molecule has 2 heterocycles. The monoisotopic (exact) mass is 313 g/mol. The second-order valence-electron chi connectivity index (χ2n) is 5.61. The number of esters is 1. The summed E-state index contributed by atoms with van der Waals surface area (Å²) in [7, 11) is 0. The largest absolute Gasteiger partial charge is 0.448 e. The lowest BCUT2D eigenvalue weighted by molar-refractivity contribution is -0.138. The second-order valence-corrected chi connectivity index (χ2v) is 5.61. The molecule has 120 valence electrons. The van der Waals surface area contributed by atoms with Crippen LogP contribution in [0.25, 0.3) is 11.3 Å². The van der Waals surface area contributed by atoms with E-state index in [1.807, 2.05) is 30.3 Å². The van der Waals surface area contributed by atoms with Gasteiger partial charge in [0.1, 0.15) is 5.69 Å². The molecule has 1 aromatic heterocycles. The van der Waals surface area contributed by atoms with Gasteiger partial charge in [-0.3, -0.25) is 9.89 Å². The van der Waals surface area contributed by atoms with E-state index in [9.17, 15) is 9.59 Å². The molecule has 23 heavy (non-hydrogen) atoms. The third-order valence-corrected chi connectivity index (χ3v) is 3.92. The molecule has 1 fully saturated rings. The van der Waals surface area contributed by atoms with Gasteiger partial charge in [0.05, 0.1) is 5.69 Å². The Labute approximate surface area is 134 Å². The topological polar surface area (TPSA) is 75.3 Å². The van der Waals surface area contributed by atoms with Crippen LogP contribution in [0.5, 0.6) is 0 Å². The lowest BCUT2D eigenvalue weighted by Gasteiger charge is -2.20. The number of H-pyrrole nitrogens is 1. The number of rotatable bonds is 4. The summed E-state index contributed by atoms with van der Waals surface area (Å²) in [5, 5.41) is 6.78. The normalized spacial score (nSPS) is 15.4. The van der Waals surface area contributed by atoms with Crippen LogP contribution < -0.4 is 0 Å². The van der Waals surface area contributed by atoms with Crippen LogP contribution in [0.1, 0.15) is 30.3 Å². The van der Waals surface area contributed by atoms with Gasteiger partial charge in [-0.2, -0.15) is 5.10 Å². The molecule has 1 saturated heterocycles. The van der Waals surface area contributed by atoms with Gasteiger partial charge in [0, 0.05) is 18.7 Å². The standard InChI is InChI=1S/C17H19N3O3/c1-12(16(21)20-9-5-6-10-20)23-17(22)15-11-14(18-19-15)13-7-3-2-4-8-13/h2-4,7-8,11-12H,5-6,9-10H2,1H3,(H,18,19)/t12-/m0/s1. The van der Waals surface area contributed by atoms with Crippen molar-refractivity contribution < 1.29 is 14.3 Å². The third kappa shape index (κ3) is 3.41. The van der Waals surface area contributed by atoms with E-state index in [0.717, 1.165) is 31.5 Å². The van der Waals surface area contributed by atoms with Crippen molar-refractivity contribution in [3.63, 3.8) is 0 Å². The Morgan fingerprint density at radius 1 is 1.22 bits per heavy atom. The molecule has 0 saturated carbocycles. The SMILES string of the molecule is C[C@H](OC(=O)c1cc(-c2ccccc2)n[nH]1)C(=O)N1CCCC1. The molecule has 1 aliphatic heterocycles. The Bertz CT molecular complexity index is 690. The number of benzene rings is 1. The minimum atomic E-state index is -0.788. The molecule has 1 aliphatic rings. The van der Waals surface area contributed by atoms with Gasteiger partial charge >= 0.3 is 5.97 Å². The fraction of sp³-hybridized carbons (Fsp3) is 0.353. The Kier molecular flexibility index (Phi) is 4.41. The number of aromatic amines is 1. The Morgan fingerprint density at radius 3 is 2.61 bits per heavy atom. The zero-order valence-electron chi connectivity index (χ0n) is 13.0. The molecular formula is C17H19N3O3.